The molecule has 0 fully saturated rings. The summed E-state index contributed by atoms with van der Waals surface area (Å²) in [5.41, 5.74) is 2.15. The van der Waals surface area contributed by atoms with Crippen molar-refractivity contribution in [1.29, 1.82) is 0 Å². The molecule has 0 spiro atoms. The number of aryl methyl sites for hydroxylation is 1. The first-order chi connectivity index (χ1) is 12.9. The van der Waals surface area contributed by atoms with Crippen LogP contribution >= 0.6 is 0 Å². The maximum atomic E-state index is 12.2. The second-order valence-electron chi connectivity index (χ2n) is 5.41. The third kappa shape index (κ3) is 5.60. The Bertz CT molecular complexity index is 983. The zero-order valence-corrected chi connectivity index (χ0v) is 16.7. The molecule has 0 amide bonds. The molecule has 4 aromatic rings. The van der Waals surface area contributed by atoms with Crippen LogP contribution in [0.2, 0.25) is 0 Å². The molecule has 0 aliphatic heterocycles. The predicted molar refractivity (Wildman–Crippen MR) is 91.3 cm³/mol. The van der Waals surface area contributed by atoms with Gasteiger partial charge in [0.15, 0.2) is 0 Å². The van der Waals surface area contributed by atoms with Crippen LogP contribution in [0.25, 0.3) is 22.8 Å². The Kier molecular flexibility index (Phi) is 7.23. The van der Waals surface area contributed by atoms with Gasteiger partial charge in [0.2, 0.25) is 0 Å². The molecule has 0 saturated carbocycles. The van der Waals surface area contributed by atoms with Crippen LogP contribution in [0.1, 0.15) is 11.4 Å². The van der Waals surface area contributed by atoms with Gasteiger partial charge in [0.1, 0.15) is 5.69 Å². The molecule has 4 heterocycles. The van der Waals surface area contributed by atoms with Crippen LogP contribution in [0.3, 0.4) is 0 Å². The summed E-state index contributed by atoms with van der Waals surface area (Å²) in [6.07, 6.45) is -1.23. The third-order valence-electron chi connectivity index (χ3n) is 3.35. The van der Waals surface area contributed by atoms with Gasteiger partial charge >= 0.3 is 27.2 Å². The van der Waals surface area contributed by atoms with E-state index in [0.29, 0.717) is 5.69 Å². The maximum absolute atomic E-state index is 12.2. The van der Waals surface area contributed by atoms with Gasteiger partial charge in [-0.05, 0) is 37.3 Å². The number of nitrogens with zero attached hydrogens (tertiary/aromatic N) is 6. The van der Waals surface area contributed by atoms with E-state index >= 15 is 0 Å². The van der Waals surface area contributed by atoms with Crippen molar-refractivity contribution >= 4 is 0 Å². The fourth-order valence-corrected chi connectivity index (χ4v) is 2.10. The van der Waals surface area contributed by atoms with Crippen LogP contribution in [-0.2, 0) is 27.2 Å². The first kappa shape index (κ1) is 21.5. The molecule has 4 rings (SSSR count). The van der Waals surface area contributed by atoms with Gasteiger partial charge in [-0.15, -0.1) is 0 Å². The topological polar surface area (TPSA) is 79.8 Å². The monoisotopic (exact) mass is 565 g/mol. The molecule has 4 aromatic heterocycles. The van der Waals surface area contributed by atoms with E-state index in [9.17, 15) is 13.2 Å². The molecule has 0 atom stereocenters. The predicted octanol–water partition coefficient (Wildman–Crippen LogP) is 3.53. The van der Waals surface area contributed by atoms with Gasteiger partial charge in [-0.2, -0.15) is 13.2 Å². The minimum absolute atomic E-state index is 0. The maximum Gasteiger partial charge on any atom is 2.00 e. The summed E-state index contributed by atoms with van der Waals surface area (Å²) in [6.45, 7) is 1.92. The molecule has 146 valence electrons. The summed E-state index contributed by atoms with van der Waals surface area (Å²) in [7, 11) is 0. The summed E-state index contributed by atoms with van der Waals surface area (Å²) < 4.78 is 36.6. The Balaban J connectivity index is 0.000000198. The van der Waals surface area contributed by atoms with Crippen molar-refractivity contribution in [3.8, 4) is 22.8 Å². The van der Waals surface area contributed by atoms with E-state index in [1.807, 2.05) is 31.2 Å². The van der Waals surface area contributed by atoms with Crippen molar-refractivity contribution in [2.75, 3.05) is 0 Å². The van der Waals surface area contributed by atoms with Crippen molar-refractivity contribution in [3.05, 3.63) is 72.3 Å². The van der Waals surface area contributed by atoms with Gasteiger partial charge in [-0.1, -0.05) is 29.6 Å². The van der Waals surface area contributed by atoms with Crippen molar-refractivity contribution in [1.82, 2.24) is 30.4 Å². The van der Waals surface area contributed by atoms with E-state index in [-0.39, 0.29) is 26.8 Å². The van der Waals surface area contributed by atoms with Crippen LogP contribution in [0, 0.1) is 6.92 Å². The second kappa shape index (κ2) is 9.41. The average molecular weight is 565 g/mol. The molecule has 0 bridgehead atoms. The molecule has 0 aromatic carbocycles. The van der Waals surface area contributed by atoms with Gasteiger partial charge in [0, 0.05) is 29.5 Å². The van der Waals surface area contributed by atoms with E-state index < -0.39 is 11.9 Å². The molecule has 0 aliphatic carbocycles. The van der Waals surface area contributed by atoms with Gasteiger partial charge in [0.05, 0.1) is 0 Å². The summed E-state index contributed by atoms with van der Waals surface area (Å²) >= 11 is 0. The molecule has 0 N–H and O–H groups in total. The Morgan fingerprint density at radius 3 is 1.71 bits per heavy atom. The summed E-state index contributed by atoms with van der Waals surface area (Å²) in [4.78, 5) is 8.03. The largest absolute Gasteiger partial charge is 2.00 e. The van der Waals surface area contributed by atoms with E-state index in [2.05, 4.69) is 30.4 Å². The van der Waals surface area contributed by atoms with Crippen LogP contribution in [-0.4, -0.2) is 20.2 Å². The van der Waals surface area contributed by atoms with Crippen molar-refractivity contribution < 1.29 is 34.2 Å². The van der Waals surface area contributed by atoms with Crippen LogP contribution in [0.5, 0.6) is 0 Å². The minimum atomic E-state index is -4.46. The van der Waals surface area contributed by atoms with Crippen LogP contribution in [0.15, 0.2) is 60.9 Å². The number of hydrogen-bond donors (Lipinski definition) is 0. The third-order valence-corrected chi connectivity index (χ3v) is 3.35. The average Bonchev–Trinajstić information content (AvgIpc) is 3.33. The van der Waals surface area contributed by atoms with E-state index in [4.69, 9.17) is 0 Å². The Labute approximate surface area is 172 Å². The quantitative estimate of drug-likeness (QED) is 0.370. The summed E-state index contributed by atoms with van der Waals surface area (Å²) in [5, 5.41) is 14.3. The minimum Gasteiger partial charge on any atom is -0.574 e. The number of aromatic nitrogens is 6. The summed E-state index contributed by atoms with van der Waals surface area (Å²) in [5.74, 6) is 0. The number of rotatable bonds is 2. The number of halogens is 3. The van der Waals surface area contributed by atoms with Gasteiger partial charge in [-0.3, -0.25) is 9.97 Å². The Hall–Kier alpha value is -2.80. The molecule has 0 radical (unpaired) electrons. The SMILES string of the molecule is Cc1cc(-c2ccccn2)[n-]n1.FC(F)(F)c1cc(-c2ccccn2)[n-]n1.[Pt+2]. The smallest absolute Gasteiger partial charge is 0.574 e. The second-order valence-corrected chi connectivity index (χ2v) is 5.41. The molecule has 10 heteroatoms. The first-order valence-corrected chi connectivity index (χ1v) is 7.81. The Morgan fingerprint density at radius 2 is 1.32 bits per heavy atom. The van der Waals surface area contributed by atoms with E-state index in [1.165, 1.54) is 6.20 Å². The van der Waals surface area contributed by atoms with Gasteiger partial charge in [-0.25, -0.2) is 0 Å². The number of alkyl halides is 3. The normalized spacial score (nSPS) is 10.6. The number of hydrogen-bond acceptors (Lipinski definition) is 4. The zero-order chi connectivity index (χ0) is 19.3. The van der Waals surface area contributed by atoms with Gasteiger partial charge in [0.25, 0.3) is 0 Å². The van der Waals surface area contributed by atoms with Crippen molar-refractivity contribution in [3.63, 3.8) is 0 Å². The van der Waals surface area contributed by atoms with E-state index in [0.717, 1.165) is 23.1 Å². The molecule has 0 unspecified atom stereocenters. The molecule has 0 saturated heterocycles. The van der Waals surface area contributed by atoms with Crippen LogP contribution in [0.4, 0.5) is 13.2 Å². The van der Waals surface area contributed by atoms with Crippen molar-refractivity contribution in [2.24, 2.45) is 0 Å². The molecule has 6 nitrogen and oxygen atoms in total. The standard InChI is InChI=1S/C9H5F3N3.C9H8N3.Pt/c10-9(11,12)8-5-7(14-15-8)6-3-1-2-4-13-6;1-7-6-9(12-11-7)8-4-2-3-5-10-8;/h1-5H;2-6H,1H3;/q2*-1;+2. The molecular weight excluding hydrogens is 552 g/mol. The fourth-order valence-electron chi connectivity index (χ4n) is 2.10. The van der Waals surface area contributed by atoms with Gasteiger partial charge < -0.3 is 20.4 Å². The van der Waals surface area contributed by atoms with Crippen LogP contribution < -0.4 is 10.2 Å². The van der Waals surface area contributed by atoms with E-state index in [1.54, 1.807) is 24.4 Å². The Morgan fingerprint density at radius 1 is 0.786 bits per heavy atom. The molecular formula is C18H13F3N6Pt. The fraction of sp³-hybridized carbons (Fsp3) is 0.111. The molecule has 28 heavy (non-hydrogen) atoms. The molecule has 0 aliphatic rings. The van der Waals surface area contributed by atoms with Crippen molar-refractivity contribution in [2.45, 2.75) is 13.1 Å². The number of pyridine rings is 2. The summed E-state index contributed by atoms with van der Waals surface area (Å²) in [6, 6.07) is 13.5. The zero-order valence-electron chi connectivity index (χ0n) is 14.4. The first-order valence-electron chi connectivity index (χ1n) is 7.81.